The van der Waals surface area contributed by atoms with E-state index in [0.717, 1.165) is 29.7 Å². The highest BCUT2D eigenvalue weighted by molar-refractivity contribution is 5.92. The van der Waals surface area contributed by atoms with Crippen LogP contribution in [0.4, 0.5) is 0 Å². The fraction of sp³-hybridized carbons (Fsp3) is 0.286. The van der Waals surface area contributed by atoms with Crippen molar-refractivity contribution in [1.82, 2.24) is 5.32 Å². The number of hydrogen-bond acceptors (Lipinski definition) is 2. The van der Waals surface area contributed by atoms with Crippen molar-refractivity contribution in [2.45, 2.75) is 32.7 Å². The molecule has 0 saturated carbocycles. The van der Waals surface area contributed by atoms with Crippen LogP contribution < -0.4 is 10.1 Å². The molecule has 0 aliphatic heterocycles. The Bertz CT molecular complexity index is 665. The van der Waals surface area contributed by atoms with Crippen molar-refractivity contribution < 1.29 is 9.53 Å². The highest BCUT2D eigenvalue weighted by atomic mass is 16.5. The summed E-state index contributed by atoms with van der Waals surface area (Å²) in [5.41, 5.74) is 2.00. The lowest BCUT2D eigenvalue weighted by Gasteiger charge is -2.12. The molecule has 0 spiro atoms. The molecule has 1 atom stereocenters. The molecule has 0 radical (unpaired) electrons. The highest BCUT2D eigenvalue weighted by Gasteiger charge is 2.07. The molecule has 2 aromatic carbocycles. The molecule has 0 saturated heterocycles. The van der Waals surface area contributed by atoms with E-state index in [2.05, 4.69) is 12.2 Å². The third kappa shape index (κ3) is 5.58. The van der Waals surface area contributed by atoms with E-state index < -0.39 is 0 Å². The van der Waals surface area contributed by atoms with E-state index in [-0.39, 0.29) is 11.9 Å². The van der Waals surface area contributed by atoms with Crippen LogP contribution in [0.3, 0.4) is 0 Å². The summed E-state index contributed by atoms with van der Waals surface area (Å²) in [7, 11) is 0. The molecule has 0 aromatic heterocycles. The molecule has 1 amide bonds. The van der Waals surface area contributed by atoms with Gasteiger partial charge in [0.15, 0.2) is 0 Å². The summed E-state index contributed by atoms with van der Waals surface area (Å²) in [5.74, 6) is 0.695. The van der Waals surface area contributed by atoms with Crippen molar-refractivity contribution >= 4 is 12.0 Å². The van der Waals surface area contributed by atoms with E-state index in [1.807, 2.05) is 61.5 Å². The average molecular weight is 323 g/mol. The van der Waals surface area contributed by atoms with Crippen LogP contribution in [0, 0.1) is 0 Å². The van der Waals surface area contributed by atoms with Crippen molar-refractivity contribution in [2.75, 3.05) is 6.61 Å². The van der Waals surface area contributed by atoms with Crippen LogP contribution in [0.2, 0.25) is 0 Å². The van der Waals surface area contributed by atoms with Crippen molar-refractivity contribution in [1.29, 1.82) is 0 Å². The van der Waals surface area contributed by atoms with E-state index >= 15 is 0 Å². The Morgan fingerprint density at radius 2 is 1.83 bits per heavy atom. The van der Waals surface area contributed by atoms with Gasteiger partial charge in [-0.05, 0) is 31.1 Å². The zero-order valence-corrected chi connectivity index (χ0v) is 14.4. The first-order valence-corrected chi connectivity index (χ1v) is 8.46. The number of carbonyl (C=O) groups excluding carboxylic acids is 1. The fourth-order valence-electron chi connectivity index (χ4n) is 2.33. The minimum absolute atomic E-state index is 0.0283. The monoisotopic (exact) mass is 323 g/mol. The van der Waals surface area contributed by atoms with Crippen LogP contribution in [0.25, 0.3) is 6.08 Å². The SMILES string of the molecule is CCCCOc1ccccc1/C=C/C(=O)NC(C)c1ccccc1. The number of nitrogens with one attached hydrogen (secondary N) is 1. The lowest BCUT2D eigenvalue weighted by atomic mass is 10.1. The van der Waals surface area contributed by atoms with Gasteiger partial charge in [0.2, 0.25) is 5.91 Å². The van der Waals surface area contributed by atoms with Crippen LogP contribution in [0.1, 0.15) is 43.9 Å². The lowest BCUT2D eigenvalue weighted by Crippen LogP contribution is -2.24. The summed E-state index contributed by atoms with van der Waals surface area (Å²) in [6, 6.07) is 17.7. The van der Waals surface area contributed by atoms with E-state index in [4.69, 9.17) is 4.74 Å². The molecular weight excluding hydrogens is 298 g/mol. The van der Waals surface area contributed by atoms with E-state index in [0.29, 0.717) is 6.61 Å². The van der Waals surface area contributed by atoms with E-state index in [1.54, 1.807) is 12.2 Å². The van der Waals surface area contributed by atoms with Gasteiger partial charge in [0.25, 0.3) is 0 Å². The number of unbranched alkanes of at least 4 members (excludes halogenated alkanes) is 1. The molecule has 1 N–H and O–H groups in total. The van der Waals surface area contributed by atoms with Crippen molar-refractivity contribution in [2.24, 2.45) is 0 Å². The number of amides is 1. The van der Waals surface area contributed by atoms with Gasteiger partial charge in [0, 0.05) is 11.6 Å². The Balaban J connectivity index is 1.96. The van der Waals surface area contributed by atoms with Gasteiger partial charge in [-0.25, -0.2) is 0 Å². The molecule has 0 fully saturated rings. The molecule has 3 heteroatoms. The zero-order chi connectivity index (χ0) is 17.2. The second-order valence-corrected chi connectivity index (χ2v) is 5.71. The molecule has 0 aliphatic carbocycles. The molecule has 2 aromatic rings. The van der Waals surface area contributed by atoms with Gasteiger partial charge in [-0.1, -0.05) is 61.9 Å². The largest absolute Gasteiger partial charge is 0.493 e. The smallest absolute Gasteiger partial charge is 0.244 e. The molecule has 0 bridgehead atoms. The van der Waals surface area contributed by atoms with E-state index in [1.165, 1.54) is 0 Å². The number of benzene rings is 2. The Labute approximate surface area is 144 Å². The molecule has 1 unspecified atom stereocenters. The first-order valence-electron chi connectivity index (χ1n) is 8.46. The van der Waals surface area contributed by atoms with Gasteiger partial charge >= 0.3 is 0 Å². The maximum atomic E-state index is 12.1. The second kappa shape index (κ2) is 9.56. The second-order valence-electron chi connectivity index (χ2n) is 5.71. The number of ether oxygens (including phenoxy) is 1. The molecule has 0 heterocycles. The Morgan fingerprint density at radius 1 is 1.12 bits per heavy atom. The minimum atomic E-state index is -0.116. The van der Waals surface area contributed by atoms with Crippen LogP contribution in [-0.2, 0) is 4.79 Å². The molecule has 126 valence electrons. The van der Waals surface area contributed by atoms with Gasteiger partial charge < -0.3 is 10.1 Å². The van der Waals surface area contributed by atoms with E-state index in [9.17, 15) is 4.79 Å². The quantitative estimate of drug-likeness (QED) is 0.562. The van der Waals surface area contributed by atoms with Crippen molar-refractivity contribution in [3.63, 3.8) is 0 Å². The van der Waals surface area contributed by atoms with Crippen LogP contribution in [0.15, 0.2) is 60.7 Å². The zero-order valence-electron chi connectivity index (χ0n) is 14.4. The first-order chi connectivity index (χ1) is 11.7. The first kappa shape index (κ1) is 17.8. The maximum absolute atomic E-state index is 12.1. The number of para-hydroxylation sites is 1. The number of carbonyl (C=O) groups is 1. The molecule has 0 aliphatic rings. The van der Waals surface area contributed by atoms with Gasteiger partial charge in [0.1, 0.15) is 5.75 Å². The summed E-state index contributed by atoms with van der Waals surface area (Å²) in [4.78, 5) is 12.1. The predicted molar refractivity (Wildman–Crippen MR) is 98.9 cm³/mol. The maximum Gasteiger partial charge on any atom is 0.244 e. The summed E-state index contributed by atoms with van der Waals surface area (Å²) >= 11 is 0. The molecule has 24 heavy (non-hydrogen) atoms. The Morgan fingerprint density at radius 3 is 2.58 bits per heavy atom. The van der Waals surface area contributed by atoms with Crippen molar-refractivity contribution in [3.05, 3.63) is 71.8 Å². The fourth-order valence-corrected chi connectivity index (χ4v) is 2.33. The van der Waals surface area contributed by atoms with Gasteiger partial charge in [0.05, 0.1) is 12.6 Å². The Hall–Kier alpha value is -2.55. The summed E-state index contributed by atoms with van der Waals surface area (Å²) < 4.78 is 5.78. The summed E-state index contributed by atoms with van der Waals surface area (Å²) in [5, 5.41) is 2.97. The normalized spacial score (nSPS) is 12.1. The average Bonchev–Trinajstić information content (AvgIpc) is 2.62. The highest BCUT2D eigenvalue weighted by Crippen LogP contribution is 2.20. The molecule has 3 nitrogen and oxygen atoms in total. The molecule has 2 rings (SSSR count). The lowest BCUT2D eigenvalue weighted by molar-refractivity contribution is -0.117. The van der Waals surface area contributed by atoms with Gasteiger partial charge in [-0.2, -0.15) is 0 Å². The summed E-state index contributed by atoms with van der Waals surface area (Å²) in [6.07, 6.45) is 5.47. The third-order valence-corrected chi connectivity index (χ3v) is 3.75. The van der Waals surface area contributed by atoms with Crippen LogP contribution >= 0.6 is 0 Å². The standard InChI is InChI=1S/C21H25NO2/c1-3-4-16-24-20-13-9-8-12-19(20)14-15-21(23)22-17(2)18-10-6-5-7-11-18/h5-15,17H,3-4,16H2,1-2H3,(H,22,23)/b15-14+. The molecular formula is C21H25NO2. The predicted octanol–water partition coefficient (Wildman–Crippen LogP) is 4.76. The van der Waals surface area contributed by atoms with Gasteiger partial charge in [-0.3, -0.25) is 4.79 Å². The minimum Gasteiger partial charge on any atom is -0.493 e. The summed E-state index contributed by atoms with van der Waals surface area (Å²) in [6.45, 7) is 4.80. The third-order valence-electron chi connectivity index (χ3n) is 3.75. The van der Waals surface area contributed by atoms with Gasteiger partial charge in [-0.15, -0.1) is 0 Å². The number of rotatable bonds is 8. The number of hydrogen-bond donors (Lipinski definition) is 1. The van der Waals surface area contributed by atoms with Crippen LogP contribution in [-0.4, -0.2) is 12.5 Å². The Kier molecular flexibility index (Phi) is 7.09. The van der Waals surface area contributed by atoms with Crippen molar-refractivity contribution in [3.8, 4) is 5.75 Å². The topological polar surface area (TPSA) is 38.3 Å². The van der Waals surface area contributed by atoms with Crippen LogP contribution in [0.5, 0.6) is 5.75 Å².